The molecule has 1 aromatic carbocycles. The van der Waals surface area contributed by atoms with E-state index in [1.807, 2.05) is 6.26 Å². The van der Waals surface area contributed by atoms with Gasteiger partial charge in [0.25, 0.3) is 0 Å². The molecule has 18 heavy (non-hydrogen) atoms. The molecule has 0 aliphatic rings. The summed E-state index contributed by atoms with van der Waals surface area (Å²) in [6.45, 7) is 0. The number of nitrogens with two attached hydrogens (primary N) is 1. The molecule has 1 atom stereocenters. The lowest BCUT2D eigenvalue weighted by molar-refractivity contribution is -0.117. The molecule has 0 saturated carbocycles. The molecule has 0 fully saturated rings. The number of halogens is 1. The van der Waals surface area contributed by atoms with Crippen LogP contribution < -0.4 is 15.8 Å². The quantitative estimate of drug-likeness (QED) is 0.829. The molecule has 0 aliphatic heterocycles. The molecule has 0 aromatic heterocycles. The predicted molar refractivity (Wildman–Crippen MR) is 72.6 cm³/mol. The van der Waals surface area contributed by atoms with Crippen molar-refractivity contribution < 1.29 is 13.9 Å². The first-order chi connectivity index (χ1) is 8.58. The number of hydrogen-bond donors (Lipinski definition) is 2. The van der Waals surface area contributed by atoms with E-state index in [1.165, 1.54) is 25.3 Å². The first-order valence-electron chi connectivity index (χ1n) is 5.47. The highest BCUT2D eigenvalue weighted by Crippen LogP contribution is 2.21. The lowest BCUT2D eigenvalue weighted by Crippen LogP contribution is -2.36. The van der Waals surface area contributed by atoms with Crippen LogP contribution in [0.4, 0.5) is 10.1 Å². The van der Waals surface area contributed by atoms with Gasteiger partial charge < -0.3 is 15.8 Å². The Morgan fingerprint density at radius 3 is 2.94 bits per heavy atom. The minimum Gasteiger partial charge on any atom is -0.494 e. The average molecular weight is 272 g/mol. The van der Waals surface area contributed by atoms with Crippen molar-refractivity contribution in [3.05, 3.63) is 24.0 Å². The van der Waals surface area contributed by atoms with Crippen molar-refractivity contribution in [1.82, 2.24) is 0 Å². The summed E-state index contributed by atoms with van der Waals surface area (Å²) in [4.78, 5) is 11.7. The van der Waals surface area contributed by atoms with Gasteiger partial charge in [0.2, 0.25) is 5.91 Å². The Kier molecular flexibility index (Phi) is 5.94. The summed E-state index contributed by atoms with van der Waals surface area (Å²) in [5, 5.41) is 2.63. The molecule has 1 amide bonds. The van der Waals surface area contributed by atoms with E-state index in [1.54, 1.807) is 11.8 Å². The van der Waals surface area contributed by atoms with E-state index in [2.05, 4.69) is 5.32 Å². The molecule has 0 radical (unpaired) electrons. The number of carbonyl (C=O) groups is 1. The maximum atomic E-state index is 13.2. The lowest BCUT2D eigenvalue weighted by atomic mass is 10.2. The molecule has 100 valence electrons. The highest BCUT2D eigenvalue weighted by atomic mass is 32.2. The highest BCUT2D eigenvalue weighted by Gasteiger charge is 2.13. The van der Waals surface area contributed by atoms with Gasteiger partial charge in [-0.3, -0.25) is 4.79 Å². The molecule has 4 nitrogen and oxygen atoms in total. The first-order valence-corrected chi connectivity index (χ1v) is 6.86. The second kappa shape index (κ2) is 7.23. The molecule has 6 heteroatoms. The summed E-state index contributed by atoms with van der Waals surface area (Å²) >= 11 is 1.63. The number of nitrogens with one attached hydrogen (secondary N) is 1. The highest BCUT2D eigenvalue weighted by molar-refractivity contribution is 7.98. The Morgan fingerprint density at radius 2 is 2.33 bits per heavy atom. The van der Waals surface area contributed by atoms with Crippen LogP contribution in [0.25, 0.3) is 0 Å². The SMILES string of the molecule is COc1cc(NC(=O)[C@@H](N)CCSC)ccc1F. The zero-order valence-corrected chi connectivity index (χ0v) is 11.2. The van der Waals surface area contributed by atoms with E-state index >= 15 is 0 Å². The smallest absolute Gasteiger partial charge is 0.241 e. The topological polar surface area (TPSA) is 64.3 Å². The van der Waals surface area contributed by atoms with Crippen molar-refractivity contribution in [3.8, 4) is 5.75 Å². The maximum absolute atomic E-state index is 13.2. The molecule has 0 saturated heterocycles. The summed E-state index contributed by atoms with van der Waals surface area (Å²) in [6.07, 6.45) is 2.56. The van der Waals surface area contributed by atoms with Crippen molar-refractivity contribution in [2.45, 2.75) is 12.5 Å². The second-order valence-corrected chi connectivity index (χ2v) is 4.71. The van der Waals surface area contributed by atoms with E-state index < -0.39 is 11.9 Å². The molecule has 1 rings (SSSR count). The summed E-state index contributed by atoms with van der Waals surface area (Å²) in [5.41, 5.74) is 6.19. The molecular formula is C12H17FN2O2S. The fourth-order valence-electron chi connectivity index (χ4n) is 1.35. The second-order valence-electron chi connectivity index (χ2n) is 3.73. The van der Waals surface area contributed by atoms with E-state index in [4.69, 9.17) is 10.5 Å². The van der Waals surface area contributed by atoms with E-state index in [-0.39, 0.29) is 11.7 Å². The van der Waals surface area contributed by atoms with Gasteiger partial charge in [0, 0.05) is 11.8 Å². The van der Waals surface area contributed by atoms with Gasteiger partial charge in [-0.05, 0) is 30.6 Å². The van der Waals surface area contributed by atoms with Gasteiger partial charge in [-0.2, -0.15) is 11.8 Å². The maximum Gasteiger partial charge on any atom is 0.241 e. The molecule has 1 aromatic rings. The zero-order chi connectivity index (χ0) is 13.5. The summed E-state index contributed by atoms with van der Waals surface area (Å²) in [5.74, 6) is 0.159. The van der Waals surface area contributed by atoms with Crippen LogP contribution in [0, 0.1) is 5.82 Å². The number of thioether (sulfide) groups is 1. The van der Waals surface area contributed by atoms with E-state index in [9.17, 15) is 9.18 Å². The number of anilines is 1. The van der Waals surface area contributed by atoms with E-state index in [0.29, 0.717) is 12.1 Å². The summed E-state index contributed by atoms with van der Waals surface area (Å²) < 4.78 is 18.0. The zero-order valence-electron chi connectivity index (χ0n) is 10.4. The number of amides is 1. The minimum absolute atomic E-state index is 0.0884. The van der Waals surface area contributed by atoms with Crippen molar-refractivity contribution in [2.24, 2.45) is 5.73 Å². The van der Waals surface area contributed by atoms with Gasteiger partial charge in [-0.15, -0.1) is 0 Å². The Balaban J connectivity index is 2.64. The molecule has 3 N–H and O–H groups in total. The number of carbonyl (C=O) groups excluding carboxylic acids is 1. The van der Waals surface area contributed by atoms with Crippen molar-refractivity contribution in [3.63, 3.8) is 0 Å². The Hall–Kier alpha value is -1.27. The predicted octanol–water partition coefficient (Wildman–Crippen LogP) is 1.85. The molecule has 0 bridgehead atoms. The Labute approximate surface area is 110 Å². The van der Waals surface area contributed by atoms with Gasteiger partial charge in [-0.1, -0.05) is 0 Å². The third-order valence-corrected chi connectivity index (χ3v) is 3.03. The number of benzene rings is 1. The van der Waals surface area contributed by atoms with Gasteiger partial charge in [0.1, 0.15) is 0 Å². The summed E-state index contributed by atoms with van der Waals surface area (Å²) in [6, 6.07) is 3.57. The van der Waals surface area contributed by atoms with E-state index in [0.717, 1.165) is 5.75 Å². The van der Waals surface area contributed by atoms with Crippen molar-refractivity contribution in [1.29, 1.82) is 0 Å². The number of rotatable bonds is 6. The van der Waals surface area contributed by atoms with Gasteiger partial charge in [0.15, 0.2) is 11.6 Å². The summed E-state index contributed by atoms with van der Waals surface area (Å²) in [7, 11) is 1.37. The van der Waals surface area contributed by atoms with Crippen LogP contribution in [0.15, 0.2) is 18.2 Å². The Morgan fingerprint density at radius 1 is 1.61 bits per heavy atom. The van der Waals surface area contributed by atoms with Crippen molar-refractivity contribution >= 4 is 23.4 Å². The number of ether oxygens (including phenoxy) is 1. The monoisotopic (exact) mass is 272 g/mol. The molecule has 0 aliphatic carbocycles. The number of hydrogen-bond acceptors (Lipinski definition) is 4. The third kappa shape index (κ3) is 4.19. The van der Waals surface area contributed by atoms with Crippen LogP contribution in [0.3, 0.4) is 0 Å². The normalized spacial score (nSPS) is 12.0. The molecular weight excluding hydrogens is 255 g/mol. The van der Waals surface area contributed by atoms with Crippen LogP contribution >= 0.6 is 11.8 Å². The van der Waals surface area contributed by atoms with Gasteiger partial charge >= 0.3 is 0 Å². The lowest BCUT2D eigenvalue weighted by Gasteiger charge is -2.12. The van der Waals surface area contributed by atoms with Gasteiger partial charge in [-0.25, -0.2) is 4.39 Å². The van der Waals surface area contributed by atoms with Crippen LogP contribution in [-0.4, -0.2) is 31.1 Å². The molecule has 0 spiro atoms. The van der Waals surface area contributed by atoms with Crippen LogP contribution in [0.5, 0.6) is 5.75 Å². The standard InChI is InChI=1S/C12H17FN2O2S/c1-17-11-7-8(3-4-9(11)13)15-12(16)10(14)5-6-18-2/h3-4,7,10H,5-6,14H2,1-2H3,(H,15,16)/t10-/m0/s1. The molecule has 0 heterocycles. The first kappa shape index (κ1) is 14.8. The Bertz CT molecular complexity index is 415. The fraction of sp³-hybridized carbons (Fsp3) is 0.417. The minimum atomic E-state index is -0.562. The fourth-order valence-corrected chi connectivity index (χ4v) is 1.84. The number of methoxy groups -OCH3 is 1. The van der Waals surface area contributed by atoms with Crippen LogP contribution in [0.2, 0.25) is 0 Å². The van der Waals surface area contributed by atoms with Crippen LogP contribution in [0.1, 0.15) is 6.42 Å². The third-order valence-electron chi connectivity index (χ3n) is 2.39. The largest absolute Gasteiger partial charge is 0.494 e. The van der Waals surface area contributed by atoms with Crippen LogP contribution in [-0.2, 0) is 4.79 Å². The molecule has 0 unspecified atom stereocenters. The van der Waals surface area contributed by atoms with Gasteiger partial charge in [0.05, 0.1) is 13.2 Å². The van der Waals surface area contributed by atoms with Crippen molar-refractivity contribution in [2.75, 3.05) is 24.4 Å². The average Bonchev–Trinajstić information content (AvgIpc) is 2.37.